The third-order valence-corrected chi connectivity index (χ3v) is 6.58. The summed E-state index contributed by atoms with van der Waals surface area (Å²) in [5, 5.41) is 2.55. The fourth-order valence-electron chi connectivity index (χ4n) is 3.11. The molecule has 0 saturated carbocycles. The van der Waals surface area contributed by atoms with Crippen LogP contribution in [-0.4, -0.2) is 36.3 Å². The van der Waals surface area contributed by atoms with Crippen molar-refractivity contribution in [3.8, 4) is 0 Å². The Morgan fingerprint density at radius 1 is 1.14 bits per heavy atom. The fraction of sp³-hybridized carbons (Fsp3) is 0.368. The van der Waals surface area contributed by atoms with Crippen LogP contribution in [0.15, 0.2) is 46.2 Å². The molecule has 7 nitrogen and oxygen atoms in total. The van der Waals surface area contributed by atoms with Gasteiger partial charge in [-0.15, -0.1) is 0 Å². The van der Waals surface area contributed by atoms with Gasteiger partial charge in [0.1, 0.15) is 12.4 Å². The number of aromatic nitrogens is 1. The van der Waals surface area contributed by atoms with Gasteiger partial charge in [-0.05, 0) is 43.5 Å². The predicted octanol–water partition coefficient (Wildman–Crippen LogP) is 2.11. The van der Waals surface area contributed by atoms with Gasteiger partial charge in [0, 0.05) is 31.0 Å². The molecule has 0 unspecified atom stereocenters. The lowest BCUT2D eigenvalue weighted by Crippen LogP contribution is -2.36. The predicted molar refractivity (Wildman–Crippen MR) is 103 cm³/mol. The van der Waals surface area contributed by atoms with Gasteiger partial charge in [-0.25, -0.2) is 12.8 Å². The molecule has 1 saturated heterocycles. The van der Waals surface area contributed by atoms with Gasteiger partial charge in [-0.3, -0.25) is 9.59 Å². The average molecular weight is 407 g/mol. The maximum atomic E-state index is 13.4. The number of carbonyl (C=O) groups excluding carboxylic acids is 1. The molecule has 1 N–H and O–H groups in total. The Hall–Kier alpha value is -2.52. The number of sulfonamides is 1. The number of benzene rings is 1. The number of nitrogens with one attached hydrogen (secondary N) is 1. The number of aryl methyl sites for hydroxylation is 1. The highest BCUT2D eigenvalue weighted by atomic mass is 32.2. The van der Waals surface area contributed by atoms with Crippen LogP contribution in [0.25, 0.3) is 0 Å². The highest BCUT2D eigenvalue weighted by Crippen LogP contribution is 2.20. The summed E-state index contributed by atoms with van der Waals surface area (Å²) in [4.78, 5) is 24.4. The first-order chi connectivity index (χ1) is 13.3. The van der Waals surface area contributed by atoms with Crippen molar-refractivity contribution in [2.24, 2.45) is 0 Å². The van der Waals surface area contributed by atoms with Crippen molar-refractivity contribution >= 4 is 21.6 Å². The molecule has 1 aliphatic heterocycles. The SMILES string of the molecule is Cc1ccc(F)cc1NC(=O)Cn1cc(S(=O)(=O)N2CCCCC2)ccc1=O. The number of amides is 1. The van der Waals surface area contributed by atoms with Gasteiger partial charge < -0.3 is 9.88 Å². The minimum absolute atomic E-state index is 0.0243. The topological polar surface area (TPSA) is 88.5 Å². The number of rotatable bonds is 5. The molecule has 150 valence electrons. The summed E-state index contributed by atoms with van der Waals surface area (Å²) < 4.78 is 41.4. The van der Waals surface area contributed by atoms with Crippen molar-refractivity contribution in [2.45, 2.75) is 37.6 Å². The first-order valence-corrected chi connectivity index (χ1v) is 10.5. The van der Waals surface area contributed by atoms with Crippen molar-refractivity contribution in [3.05, 3.63) is 58.3 Å². The Labute approximate surface area is 162 Å². The van der Waals surface area contributed by atoms with Gasteiger partial charge in [0.25, 0.3) is 5.56 Å². The van der Waals surface area contributed by atoms with Crippen molar-refractivity contribution in [3.63, 3.8) is 0 Å². The summed E-state index contributed by atoms with van der Waals surface area (Å²) in [5.74, 6) is -1.05. The molecule has 1 aromatic heterocycles. The first-order valence-electron chi connectivity index (χ1n) is 9.04. The summed E-state index contributed by atoms with van der Waals surface area (Å²) in [6, 6.07) is 6.40. The molecule has 2 aromatic rings. The molecule has 0 atom stereocenters. The first kappa shape index (κ1) is 20.2. The van der Waals surface area contributed by atoms with E-state index in [4.69, 9.17) is 0 Å². The van der Waals surface area contributed by atoms with E-state index in [1.165, 1.54) is 34.8 Å². The smallest absolute Gasteiger partial charge is 0.251 e. The maximum Gasteiger partial charge on any atom is 0.251 e. The standard InChI is InChI=1S/C19H22FN3O4S/c1-14-5-6-15(20)11-17(14)21-18(24)13-22-12-16(7-8-19(22)25)28(26,27)23-9-3-2-4-10-23/h5-8,11-12H,2-4,9-10,13H2,1H3,(H,21,24). The Balaban J connectivity index is 1.80. The van der Waals surface area contributed by atoms with Crippen LogP contribution in [0.4, 0.5) is 10.1 Å². The van der Waals surface area contributed by atoms with Crippen LogP contribution in [-0.2, 0) is 21.4 Å². The third kappa shape index (κ3) is 4.48. The zero-order valence-electron chi connectivity index (χ0n) is 15.5. The second-order valence-electron chi connectivity index (χ2n) is 6.80. The minimum Gasteiger partial charge on any atom is -0.324 e. The molecular formula is C19H22FN3O4S. The van der Waals surface area contributed by atoms with Crippen molar-refractivity contribution in [2.75, 3.05) is 18.4 Å². The summed E-state index contributed by atoms with van der Waals surface area (Å²) >= 11 is 0. The lowest BCUT2D eigenvalue weighted by Gasteiger charge is -2.26. The average Bonchev–Trinajstić information content (AvgIpc) is 2.67. The monoisotopic (exact) mass is 407 g/mol. The minimum atomic E-state index is -3.72. The number of carbonyl (C=O) groups is 1. The van der Waals surface area contributed by atoms with Crippen molar-refractivity contribution in [1.29, 1.82) is 0 Å². The van der Waals surface area contributed by atoms with E-state index in [0.29, 0.717) is 24.3 Å². The van der Waals surface area contributed by atoms with E-state index in [9.17, 15) is 22.4 Å². The van der Waals surface area contributed by atoms with Crippen LogP contribution < -0.4 is 10.9 Å². The zero-order valence-corrected chi connectivity index (χ0v) is 16.3. The number of nitrogens with zero attached hydrogens (tertiary/aromatic N) is 2. The molecule has 28 heavy (non-hydrogen) atoms. The second kappa shape index (κ2) is 8.24. The van der Waals surface area contributed by atoms with Crippen LogP contribution in [0.3, 0.4) is 0 Å². The molecular weight excluding hydrogens is 385 g/mol. The highest BCUT2D eigenvalue weighted by molar-refractivity contribution is 7.89. The van der Waals surface area contributed by atoms with Crippen LogP contribution in [0, 0.1) is 12.7 Å². The molecule has 3 rings (SSSR count). The number of hydrogen-bond acceptors (Lipinski definition) is 4. The van der Waals surface area contributed by atoms with E-state index < -0.39 is 27.3 Å². The van der Waals surface area contributed by atoms with E-state index >= 15 is 0 Å². The highest BCUT2D eigenvalue weighted by Gasteiger charge is 2.26. The molecule has 0 radical (unpaired) electrons. The number of hydrogen-bond donors (Lipinski definition) is 1. The van der Waals surface area contributed by atoms with Crippen molar-refractivity contribution in [1.82, 2.24) is 8.87 Å². The molecule has 1 aliphatic rings. The summed E-state index contributed by atoms with van der Waals surface area (Å²) in [7, 11) is -3.72. The molecule has 1 fully saturated rings. The molecule has 1 amide bonds. The molecule has 0 bridgehead atoms. The summed E-state index contributed by atoms with van der Waals surface area (Å²) in [5.41, 5.74) is 0.474. The van der Waals surface area contributed by atoms with Crippen LogP contribution >= 0.6 is 0 Å². The number of halogens is 1. The number of piperidine rings is 1. The summed E-state index contributed by atoms with van der Waals surface area (Å²) in [6.45, 7) is 2.23. The van der Waals surface area contributed by atoms with Gasteiger partial charge >= 0.3 is 0 Å². The van der Waals surface area contributed by atoms with Crippen LogP contribution in [0.5, 0.6) is 0 Å². The van der Waals surface area contributed by atoms with E-state index in [-0.39, 0.29) is 11.4 Å². The Kier molecular flexibility index (Phi) is 5.95. The van der Waals surface area contributed by atoms with Crippen LogP contribution in [0.2, 0.25) is 0 Å². The van der Waals surface area contributed by atoms with Gasteiger partial charge in [0.15, 0.2) is 0 Å². The van der Waals surface area contributed by atoms with Gasteiger partial charge in [-0.1, -0.05) is 12.5 Å². The maximum absolute atomic E-state index is 13.4. The molecule has 2 heterocycles. The largest absolute Gasteiger partial charge is 0.324 e. The van der Waals surface area contributed by atoms with Gasteiger partial charge in [0.05, 0.1) is 4.90 Å². The number of pyridine rings is 1. The molecule has 1 aromatic carbocycles. The van der Waals surface area contributed by atoms with Crippen molar-refractivity contribution < 1.29 is 17.6 Å². The van der Waals surface area contributed by atoms with Gasteiger partial charge in [0.2, 0.25) is 15.9 Å². The molecule has 9 heteroatoms. The Bertz CT molecular complexity index is 1040. The fourth-order valence-corrected chi connectivity index (χ4v) is 4.65. The normalized spacial score (nSPS) is 15.4. The van der Waals surface area contributed by atoms with Gasteiger partial charge in [-0.2, -0.15) is 4.31 Å². The quantitative estimate of drug-likeness (QED) is 0.822. The third-order valence-electron chi connectivity index (χ3n) is 4.70. The Morgan fingerprint density at radius 2 is 1.86 bits per heavy atom. The lowest BCUT2D eigenvalue weighted by atomic mass is 10.2. The van der Waals surface area contributed by atoms with E-state index in [1.54, 1.807) is 6.92 Å². The second-order valence-corrected chi connectivity index (χ2v) is 8.74. The lowest BCUT2D eigenvalue weighted by molar-refractivity contribution is -0.116. The van der Waals surface area contributed by atoms with Crippen LogP contribution in [0.1, 0.15) is 24.8 Å². The van der Waals surface area contributed by atoms with E-state index in [1.807, 2.05) is 0 Å². The Morgan fingerprint density at radius 3 is 2.57 bits per heavy atom. The molecule has 0 spiro atoms. The van der Waals surface area contributed by atoms with E-state index in [2.05, 4.69) is 5.32 Å². The van der Waals surface area contributed by atoms with E-state index in [0.717, 1.165) is 29.9 Å². The summed E-state index contributed by atoms with van der Waals surface area (Å²) in [6.07, 6.45) is 3.78. The molecule has 0 aliphatic carbocycles. The zero-order chi connectivity index (χ0) is 20.3. The number of anilines is 1.